The number of nitrogens with zero attached hydrogens (tertiary/aromatic N) is 4. The first-order valence-electron chi connectivity index (χ1n) is 8.95. The van der Waals surface area contributed by atoms with Gasteiger partial charge in [0.05, 0.1) is 24.8 Å². The molecule has 1 atom stereocenters. The van der Waals surface area contributed by atoms with E-state index in [1.165, 1.54) is 12.8 Å². The average molecular weight is 340 g/mol. The molecule has 2 aliphatic rings. The van der Waals surface area contributed by atoms with E-state index in [1.54, 1.807) is 6.20 Å². The third kappa shape index (κ3) is 3.14. The number of rotatable bonds is 3. The van der Waals surface area contributed by atoms with Gasteiger partial charge in [0.2, 0.25) is 0 Å². The first-order valence-corrected chi connectivity index (χ1v) is 8.95. The maximum absolute atomic E-state index is 13.1. The lowest BCUT2D eigenvalue weighted by atomic mass is 10.1. The van der Waals surface area contributed by atoms with Gasteiger partial charge < -0.3 is 19.1 Å². The molecule has 2 aromatic heterocycles. The summed E-state index contributed by atoms with van der Waals surface area (Å²) in [6.45, 7) is 3.82. The van der Waals surface area contributed by atoms with E-state index in [-0.39, 0.29) is 11.9 Å². The van der Waals surface area contributed by atoms with Gasteiger partial charge in [-0.05, 0) is 37.1 Å². The van der Waals surface area contributed by atoms with Crippen molar-refractivity contribution in [3.05, 3.63) is 47.9 Å². The number of aryl methyl sites for hydroxylation is 1. The lowest BCUT2D eigenvalue weighted by Gasteiger charge is -2.36. The average Bonchev–Trinajstić information content (AvgIpc) is 3.33. The van der Waals surface area contributed by atoms with Crippen LogP contribution in [0.4, 0.5) is 5.82 Å². The van der Waals surface area contributed by atoms with Crippen LogP contribution in [0.1, 0.15) is 34.9 Å². The van der Waals surface area contributed by atoms with E-state index in [4.69, 9.17) is 4.74 Å². The quantitative estimate of drug-likeness (QED) is 0.860. The molecule has 0 saturated carbocycles. The number of carbonyl (C=O) groups is 1. The number of pyridine rings is 1. The van der Waals surface area contributed by atoms with E-state index in [9.17, 15) is 4.79 Å². The van der Waals surface area contributed by atoms with E-state index in [1.807, 2.05) is 47.0 Å². The summed E-state index contributed by atoms with van der Waals surface area (Å²) in [6, 6.07) is 7.86. The van der Waals surface area contributed by atoms with Crippen molar-refractivity contribution in [2.75, 3.05) is 37.7 Å². The molecule has 0 spiro atoms. The highest BCUT2D eigenvalue weighted by Gasteiger charge is 2.31. The summed E-state index contributed by atoms with van der Waals surface area (Å²) in [7, 11) is 2.00. The molecule has 0 aromatic carbocycles. The standard InChI is InChI=1S/C19H24N4O2/c1-21-8-4-5-16(21)17-14-25-12-11-23(17)19(24)15-6-7-18(20-13-15)22-9-2-3-10-22/h4-8,13,17H,2-3,9-12,14H2,1H3/t17-/m1/s1. The minimum atomic E-state index is -0.0560. The number of ether oxygens (including phenoxy) is 1. The Kier molecular flexibility index (Phi) is 4.44. The Balaban J connectivity index is 1.55. The molecule has 0 bridgehead atoms. The molecule has 2 saturated heterocycles. The Morgan fingerprint density at radius 3 is 2.72 bits per heavy atom. The maximum atomic E-state index is 13.1. The van der Waals surface area contributed by atoms with Crippen LogP contribution in [0, 0.1) is 0 Å². The Morgan fingerprint density at radius 2 is 2.04 bits per heavy atom. The zero-order valence-corrected chi connectivity index (χ0v) is 14.6. The summed E-state index contributed by atoms with van der Waals surface area (Å²) in [5, 5.41) is 0. The van der Waals surface area contributed by atoms with Crippen LogP contribution in [0.2, 0.25) is 0 Å². The first-order chi connectivity index (χ1) is 12.2. The predicted octanol–water partition coefficient (Wildman–Crippen LogP) is 2.23. The summed E-state index contributed by atoms with van der Waals surface area (Å²) in [5.41, 5.74) is 1.73. The fourth-order valence-electron chi connectivity index (χ4n) is 3.72. The van der Waals surface area contributed by atoms with E-state index >= 15 is 0 Å². The fourth-order valence-corrected chi connectivity index (χ4v) is 3.72. The molecule has 4 heterocycles. The molecule has 6 heteroatoms. The zero-order chi connectivity index (χ0) is 17.2. The van der Waals surface area contributed by atoms with E-state index in [2.05, 4.69) is 9.88 Å². The lowest BCUT2D eigenvalue weighted by Crippen LogP contribution is -2.44. The molecule has 0 aliphatic carbocycles. The molecular formula is C19H24N4O2. The van der Waals surface area contributed by atoms with Crippen LogP contribution in [0.15, 0.2) is 36.7 Å². The van der Waals surface area contributed by atoms with Gasteiger partial charge in [-0.3, -0.25) is 4.79 Å². The van der Waals surface area contributed by atoms with Gasteiger partial charge in [-0.15, -0.1) is 0 Å². The fraction of sp³-hybridized carbons (Fsp3) is 0.474. The largest absolute Gasteiger partial charge is 0.377 e. The third-order valence-corrected chi connectivity index (χ3v) is 5.14. The molecule has 1 amide bonds. The van der Waals surface area contributed by atoms with Gasteiger partial charge in [0, 0.05) is 44.8 Å². The van der Waals surface area contributed by atoms with E-state index < -0.39 is 0 Å². The molecule has 2 aliphatic heterocycles. The molecule has 2 fully saturated rings. The van der Waals surface area contributed by atoms with Gasteiger partial charge in [0.15, 0.2) is 0 Å². The van der Waals surface area contributed by atoms with Crippen molar-refractivity contribution in [1.29, 1.82) is 0 Å². The van der Waals surface area contributed by atoms with Crippen LogP contribution >= 0.6 is 0 Å². The predicted molar refractivity (Wildman–Crippen MR) is 95.7 cm³/mol. The molecule has 0 unspecified atom stereocenters. The van der Waals surface area contributed by atoms with Crippen molar-refractivity contribution < 1.29 is 9.53 Å². The second kappa shape index (κ2) is 6.88. The molecule has 0 N–H and O–H groups in total. The number of anilines is 1. The Hall–Kier alpha value is -2.34. The van der Waals surface area contributed by atoms with E-state index in [0.29, 0.717) is 25.3 Å². The van der Waals surface area contributed by atoms with Gasteiger partial charge >= 0.3 is 0 Å². The maximum Gasteiger partial charge on any atom is 0.256 e. The van der Waals surface area contributed by atoms with Gasteiger partial charge in [0.25, 0.3) is 5.91 Å². The number of hydrogen-bond acceptors (Lipinski definition) is 4. The summed E-state index contributed by atoms with van der Waals surface area (Å²) >= 11 is 0. The highest BCUT2D eigenvalue weighted by atomic mass is 16.5. The SMILES string of the molecule is Cn1cccc1[C@H]1COCCN1C(=O)c1ccc(N2CCCC2)nc1. The van der Waals surface area contributed by atoms with Crippen molar-refractivity contribution in [2.45, 2.75) is 18.9 Å². The number of morpholine rings is 1. The molecule has 6 nitrogen and oxygen atoms in total. The van der Waals surface area contributed by atoms with Crippen molar-refractivity contribution >= 4 is 11.7 Å². The van der Waals surface area contributed by atoms with Gasteiger partial charge in [-0.2, -0.15) is 0 Å². The monoisotopic (exact) mass is 340 g/mol. The Bertz CT molecular complexity index is 734. The first kappa shape index (κ1) is 16.1. The number of aromatic nitrogens is 2. The second-order valence-electron chi connectivity index (χ2n) is 6.73. The van der Waals surface area contributed by atoms with Crippen LogP contribution in [-0.2, 0) is 11.8 Å². The molecule has 4 rings (SSSR count). The minimum absolute atomic E-state index is 0.0231. The Labute approximate surface area is 148 Å². The van der Waals surface area contributed by atoms with Crippen LogP contribution in [0.25, 0.3) is 0 Å². The number of carbonyl (C=O) groups excluding carboxylic acids is 1. The molecule has 0 radical (unpaired) electrons. The van der Waals surface area contributed by atoms with Crippen LogP contribution in [0.5, 0.6) is 0 Å². The number of amides is 1. The molecular weight excluding hydrogens is 316 g/mol. The highest BCUT2D eigenvalue weighted by molar-refractivity contribution is 5.94. The van der Waals surface area contributed by atoms with Crippen LogP contribution in [0.3, 0.4) is 0 Å². The summed E-state index contributed by atoms with van der Waals surface area (Å²) in [4.78, 5) is 21.8. The van der Waals surface area contributed by atoms with E-state index in [0.717, 1.165) is 24.6 Å². The lowest BCUT2D eigenvalue weighted by molar-refractivity contribution is -0.00465. The normalized spacial score (nSPS) is 20.9. The molecule has 25 heavy (non-hydrogen) atoms. The molecule has 132 valence electrons. The minimum Gasteiger partial charge on any atom is -0.377 e. The third-order valence-electron chi connectivity index (χ3n) is 5.14. The highest BCUT2D eigenvalue weighted by Crippen LogP contribution is 2.26. The van der Waals surface area contributed by atoms with Crippen LogP contribution < -0.4 is 4.90 Å². The van der Waals surface area contributed by atoms with Gasteiger partial charge in [-0.1, -0.05) is 0 Å². The number of hydrogen-bond donors (Lipinski definition) is 0. The van der Waals surface area contributed by atoms with Crippen LogP contribution in [-0.4, -0.2) is 53.2 Å². The topological polar surface area (TPSA) is 50.6 Å². The smallest absolute Gasteiger partial charge is 0.256 e. The molecule has 2 aromatic rings. The van der Waals surface area contributed by atoms with Crippen molar-refractivity contribution in [3.8, 4) is 0 Å². The second-order valence-corrected chi connectivity index (χ2v) is 6.73. The van der Waals surface area contributed by atoms with Crippen molar-refractivity contribution in [2.24, 2.45) is 7.05 Å². The van der Waals surface area contributed by atoms with Gasteiger partial charge in [-0.25, -0.2) is 4.98 Å². The summed E-state index contributed by atoms with van der Waals surface area (Å²) in [5.74, 6) is 0.991. The summed E-state index contributed by atoms with van der Waals surface area (Å²) in [6.07, 6.45) is 6.15. The zero-order valence-electron chi connectivity index (χ0n) is 14.6. The van der Waals surface area contributed by atoms with Crippen molar-refractivity contribution in [1.82, 2.24) is 14.5 Å². The van der Waals surface area contributed by atoms with Crippen molar-refractivity contribution in [3.63, 3.8) is 0 Å². The summed E-state index contributed by atoms with van der Waals surface area (Å²) < 4.78 is 7.68. The Morgan fingerprint density at radius 1 is 1.20 bits per heavy atom. The van der Waals surface area contributed by atoms with Gasteiger partial charge in [0.1, 0.15) is 5.82 Å².